The molecule has 1 aromatic heterocycles. The predicted molar refractivity (Wildman–Crippen MR) is 54.9 cm³/mol. The first-order valence-corrected chi connectivity index (χ1v) is 5.24. The van der Waals surface area contributed by atoms with Crippen LogP contribution in [0, 0.1) is 11.6 Å². The van der Waals surface area contributed by atoms with E-state index in [9.17, 15) is 8.78 Å². The molecule has 0 saturated heterocycles. The van der Waals surface area contributed by atoms with Gasteiger partial charge in [0.15, 0.2) is 0 Å². The van der Waals surface area contributed by atoms with Gasteiger partial charge in [0.2, 0.25) is 0 Å². The molecule has 1 aliphatic carbocycles. The molecule has 2 aromatic rings. The third-order valence-electron chi connectivity index (χ3n) is 3.11. The van der Waals surface area contributed by atoms with E-state index in [2.05, 4.69) is 4.98 Å². The van der Waals surface area contributed by atoms with Crippen molar-refractivity contribution in [2.45, 2.75) is 25.7 Å². The van der Waals surface area contributed by atoms with Crippen molar-refractivity contribution in [3.8, 4) is 0 Å². The van der Waals surface area contributed by atoms with Gasteiger partial charge in [-0.25, -0.2) is 8.78 Å². The van der Waals surface area contributed by atoms with Crippen LogP contribution in [0.25, 0.3) is 10.9 Å². The number of nitrogens with one attached hydrogen (secondary N) is 1. The molecule has 0 radical (unpaired) electrons. The van der Waals surface area contributed by atoms with Gasteiger partial charge >= 0.3 is 0 Å². The van der Waals surface area contributed by atoms with Crippen LogP contribution in [0.15, 0.2) is 12.1 Å². The first kappa shape index (κ1) is 8.89. The Balaban J connectivity index is 2.37. The Morgan fingerprint density at radius 1 is 1.07 bits per heavy atom. The summed E-state index contributed by atoms with van der Waals surface area (Å²) in [7, 11) is 0. The molecule has 15 heavy (non-hydrogen) atoms. The molecule has 1 aliphatic rings. The van der Waals surface area contributed by atoms with Gasteiger partial charge in [-0.05, 0) is 37.3 Å². The smallest absolute Gasteiger partial charge is 0.135 e. The SMILES string of the molecule is Fc1cc(F)c2c3c([nH]c2c1)CCCC3. The van der Waals surface area contributed by atoms with E-state index in [4.69, 9.17) is 0 Å². The van der Waals surface area contributed by atoms with Gasteiger partial charge in [-0.3, -0.25) is 0 Å². The van der Waals surface area contributed by atoms with Gasteiger partial charge in [-0.1, -0.05) is 0 Å². The number of halogens is 2. The fourth-order valence-electron chi connectivity index (χ4n) is 2.46. The lowest BCUT2D eigenvalue weighted by Crippen LogP contribution is -2.00. The number of H-pyrrole nitrogens is 1. The van der Waals surface area contributed by atoms with Gasteiger partial charge in [-0.2, -0.15) is 0 Å². The summed E-state index contributed by atoms with van der Waals surface area (Å²) in [6.45, 7) is 0. The van der Waals surface area contributed by atoms with Crippen LogP contribution in [0.3, 0.4) is 0 Å². The molecule has 0 atom stereocenters. The predicted octanol–water partition coefficient (Wildman–Crippen LogP) is 3.32. The van der Waals surface area contributed by atoms with Gasteiger partial charge in [0.05, 0.1) is 5.52 Å². The zero-order chi connectivity index (χ0) is 10.4. The third-order valence-corrected chi connectivity index (χ3v) is 3.11. The van der Waals surface area contributed by atoms with Crippen molar-refractivity contribution in [1.29, 1.82) is 0 Å². The first-order valence-electron chi connectivity index (χ1n) is 5.24. The minimum Gasteiger partial charge on any atom is -0.358 e. The van der Waals surface area contributed by atoms with Crippen LogP contribution in [0.1, 0.15) is 24.1 Å². The number of rotatable bonds is 0. The minimum atomic E-state index is -0.515. The van der Waals surface area contributed by atoms with E-state index in [0.717, 1.165) is 43.0 Å². The Morgan fingerprint density at radius 3 is 2.73 bits per heavy atom. The van der Waals surface area contributed by atoms with Crippen molar-refractivity contribution in [3.05, 3.63) is 35.0 Å². The van der Waals surface area contributed by atoms with Crippen molar-refractivity contribution >= 4 is 10.9 Å². The fraction of sp³-hybridized carbons (Fsp3) is 0.333. The molecule has 78 valence electrons. The van der Waals surface area contributed by atoms with E-state index in [0.29, 0.717) is 10.9 Å². The number of benzene rings is 1. The van der Waals surface area contributed by atoms with Crippen molar-refractivity contribution in [3.63, 3.8) is 0 Å². The molecule has 3 rings (SSSR count). The van der Waals surface area contributed by atoms with Crippen LogP contribution >= 0.6 is 0 Å². The third kappa shape index (κ3) is 1.26. The lowest BCUT2D eigenvalue weighted by atomic mass is 9.95. The Morgan fingerprint density at radius 2 is 1.87 bits per heavy atom. The summed E-state index contributed by atoms with van der Waals surface area (Å²) in [5.74, 6) is -0.956. The number of hydrogen-bond acceptors (Lipinski definition) is 0. The average molecular weight is 207 g/mol. The maximum absolute atomic E-state index is 13.6. The molecule has 0 bridgehead atoms. The number of aryl methyl sites for hydroxylation is 2. The van der Waals surface area contributed by atoms with Crippen molar-refractivity contribution in [2.75, 3.05) is 0 Å². The maximum atomic E-state index is 13.6. The van der Waals surface area contributed by atoms with Crippen LogP contribution in [0.4, 0.5) is 8.78 Å². The molecule has 1 heterocycles. The summed E-state index contributed by atoms with van der Waals surface area (Å²) >= 11 is 0. The highest BCUT2D eigenvalue weighted by molar-refractivity contribution is 5.85. The van der Waals surface area contributed by atoms with Crippen molar-refractivity contribution in [2.24, 2.45) is 0 Å². The molecule has 1 N–H and O–H groups in total. The van der Waals surface area contributed by atoms with E-state index in [-0.39, 0.29) is 0 Å². The number of aromatic nitrogens is 1. The molecule has 0 aliphatic heterocycles. The highest BCUT2D eigenvalue weighted by atomic mass is 19.1. The second-order valence-electron chi connectivity index (χ2n) is 4.10. The van der Waals surface area contributed by atoms with Crippen molar-refractivity contribution in [1.82, 2.24) is 4.98 Å². The highest BCUT2D eigenvalue weighted by Crippen LogP contribution is 2.31. The highest BCUT2D eigenvalue weighted by Gasteiger charge is 2.18. The van der Waals surface area contributed by atoms with Gasteiger partial charge < -0.3 is 4.98 Å². The number of aromatic amines is 1. The summed E-state index contributed by atoms with van der Waals surface area (Å²) in [5.41, 5.74) is 2.73. The van der Waals surface area contributed by atoms with Crippen LogP contribution in [-0.2, 0) is 12.8 Å². The molecular formula is C12H11F2N. The Hall–Kier alpha value is -1.38. The molecular weight excluding hydrogens is 196 g/mol. The lowest BCUT2D eigenvalue weighted by Gasteiger charge is -2.10. The minimum absolute atomic E-state index is 0.440. The molecule has 1 aromatic carbocycles. The first-order chi connectivity index (χ1) is 7.25. The summed E-state index contributed by atoms with van der Waals surface area (Å²) in [6, 6.07) is 2.34. The normalized spacial score (nSPS) is 15.6. The standard InChI is InChI=1S/C12H11F2N/c13-7-5-9(14)12-8-3-1-2-4-10(8)15-11(12)6-7/h5-6,15H,1-4H2. The van der Waals surface area contributed by atoms with E-state index in [1.54, 1.807) is 0 Å². The van der Waals surface area contributed by atoms with Gasteiger partial charge in [-0.15, -0.1) is 0 Å². The van der Waals surface area contributed by atoms with Crippen LogP contribution < -0.4 is 0 Å². The van der Waals surface area contributed by atoms with E-state index in [1.807, 2.05) is 0 Å². The average Bonchev–Trinajstić information content (AvgIpc) is 2.54. The van der Waals surface area contributed by atoms with Gasteiger partial charge in [0, 0.05) is 17.1 Å². The zero-order valence-electron chi connectivity index (χ0n) is 8.24. The topological polar surface area (TPSA) is 15.8 Å². The second-order valence-corrected chi connectivity index (χ2v) is 4.10. The molecule has 0 fully saturated rings. The molecule has 0 spiro atoms. The van der Waals surface area contributed by atoms with Crippen LogP contribution in [0.5, 0.6) is 0 Å². The second kappa shape index (κ2) is 3.05. The Labute approximate surface area is 86.1 Å². The molecule has 1 nitrogen and oxygen atoms in total. The quantitative estimate of drug-likeness (QED) is 0.682. The molecule has 0 saturated carbocycles. The van der Waals surface area contributed by atoms with Crippen molar-refractivity contribution < 1.29 is 8.78 Å². The maximum Gasteiger partial charge on any atom is 0.135 e. The summed E-state index contributed by atoms with van der Waals surface area (Å²) in [4.78, 5) is 3.12. The van der Waals surface area contributed by atoms with E-state index in [1.165, 1.54) is 6.07 Å². The number of hydrogen-bond donors (Lipinski definition) is 1. The molecule has 0 amide bonds. The summed E-state index contributed by atoms with van der Waals surface area (Å²) < 4.78 is 26.6. The summed E-state index contributed by atoms with van der Waals surface area (Å²) in [6.07, 6.45) is 4.07. The lowest BCUT2D eigenvalue weighted by molar-refractivity contribution is 0.591. The summed E-state index contributed by atoms with van der Waals surface area (Å²) in [5, 5.41) is 0.589. The van der Waals surface area contributed by atoms with E-state index < -0.39 is 11.6 Å². The van der Waals surface area contributed by atoms with Gasteiger partial charge in [0.1, 0.15) is 11.6 Å². The monoisotopic (exact) mass is 207 g/mol. The largest absolute Gasteiger partial charge is 0.358 e. The van der Waals surface area contributed by atoms with Crippen LogP contribution in [-0.4, -0.2) is 4.98 Å². The Bertz CT molecular complexity index is 528. The fourth-order valence-corrected chi connectivity index (χ4v) is 2.46. The van der Waals surface area contributed by atoms with Gasteiger partial charge in [0.25, 0.3) is 0 Å². The Kier molecular flexibility index (Phi) is 1.81. The van der Waals surface area contributed by atoms with Crippen LogP contribution in [0.2, 0.25) is 0 Å². The zero-order valence-corrected chi connectivity index (χ0v) is 8.24. The molecule has 3 heteroatoms. The van der Waals surface area contributed by atoms with E-state index >= 15 is 0 Å². The number of fused-ring (bicyclic) bond motifs is 3. The molecule has 0 unspecified atom stereocenters.